The van der Waals surface area contributed by atoms with Gasteiger partial charge >= 0.3 is 0 Å². The summed E-state index contributed by atoms with van der Waals surface area (Å²) < 4.78 is 0. The molecule has 1 rings (SSSR count). The maximum absolute atomic E-state index is 3.74. The second-order valence-electron chi connectivity index (χ2n) is 6.04. The van der Waals surface area contributed by atoms with Crippen molar-refractivity contribution in [3.63, 3.8) is 0 Å². The van der Waals surface area contributed by atoms with Crippen LogP contribution in [0.4, 0.5) is 0 Å². The molecule has 1 aliphatic carbocycles. The minimum absolute atomic E-state index is 0.729. The molecule has 0 saturated heterocycles. The Hall–Kier alpha value is -0.0800. The molecule has 17 heavy (non-hydrogen) atoms. The fourth-order valence-corrected chi connectivity index (χ4v) is 2.92. The van der Waals surface area contributed by atoms with E-state index in [1.807, 2.05) is 0 Å². The summed E-state index contributed by atoms with van der Waals surface area (Å²) in [5, 5.41) is 3.74. The van der Waals surface area contributed by atoms with Gasteiger partial charge in [-0.2, -0.15) is 0 Å². The number of rotatable bonds is 7. The predicted molar refractivity (Wildman–Crippen MR) is 76.4 cm³/mol. The molecule has 3 atom stereocenters. The van der Waals surface area contributed by atoms with E-state index >= 15 is 0 Å². The van der Waals surface area contributed by atoms with Crippen LogP contribution in [0.15, 0.2) is 0 Å². The molecule has 0 bridgehead atoms. The average Bonchev–Trinajstić information content (AvgIpc) is 2.29. The zero-order chi connectivity index (χ0) is 12.7. The molecule has 1 aliphatic rings. The monoisotopic (exact) mass is 240 g/mol. The zero-order valence-corrected chi connectivity index (χ0v) is 12.3. The van der Waals surface area contributed by atoms with Gasteiger partial charge in [0.2, 0.25) is 0 Å². The molecule has 3 unspecified atom stereocenters. The standard InChI is InChI=1S/C15H32N2/c1-5-7-14(3)17(4)11-10-16-15-9-6-8-13(2)12-15/h13-16H,5-12H2,1-4H3. The first-order chi connectivity index (χ1) is 8.13. The van der Waals surface area contributed by atoms with Crippen molar-refractivity contribution < 1.29 is 0 Å². The van der Waals surface area contributed by atoms with E-state index in [2.05, 4.69) is 38.0 Å². The summed E-state index contributed by atoms with van der Waals surface area (Å²) in [5.41, 5.74) is 0. The van der Waals surface area contributed by atoms with Crippen molar-refractivity contribution in [1.82, 2.24) is 10.2 Å². The molecule has 1 saturated carbocycles. The smallest absolute Gasteiger partial charge is 0.0107 e. The summed E-state index contributed by atoms with van der Waals surface area (Å²) in [6.07, 6.45) is 8.23. The third kappa shape index (κ3) is 5.87. The zero-order valence-electron chi connectivity index (χ0n) is 12.3. The second kappa shape index (κ2) is 8.10. The second-order valence-corrected chi connectivity index (χ2v) is 6.04. The molecule has 0 spiro atoms. The molecule has 2 heteroatoms. The first-order valence-corrected chi connectivity index (χ1v) is 7.57. The summed E-state index contributed by atoms with van der Waals surface area (Å²) in [7, 11) is 2.26. The molecule has 0 aromatic heterocycles. The minimum Gasteiger partial charge on any atom is -0.313 e. The molecular formula is C15H32N2. The Morgan fingerprint density at radius 1 is 1.35 bits per heavy atom. The van der Waals surface area contributed by atoms with Crippen LogP contribution < -0.4 is 5.32 Å². The van der Waals surface area contributed by atoms with E-state index < -0.39 is 0 Å². The van der Waals surface area contributed by atoms with Gasteiger partial charge in [-0.15, -0.1) is 0 Å². The van der Waals surface area contributed by atoms with Crippen LogP contribution in [-0.4, -0.2) is 37.1 Å². The Morgan fingerprint density at radius 3 is 2.76 bits per heavy atom. The molecule has 0 aromatic rings. The lowest BCUT2D eigenvalue weighted by atomic mass is 9.87. The molecule has 0 amide bonds. The number of nitrogens with zero attached hydrogens (tertiary/aromatic N) is 1. The number of likely N-dealkylation sites (N-methyl/N-ethyl adjacent to an activating group) is 1. The predicted octanol–water partition coefficient (Wildman–Crippen LogP) is 3.28. The number of nitrogens with one attached hydrogen (secondary N) is 1. The summed E-state index contributed by atoms with van der Waals surface area (Å²) in [6, 6.07) is 1.51. The van der Waals surface area contributed by atoms with Gasteiger partial charge in [-0.1, -0.05) is 33.1 Å². The van der Waals surface area contributed by atoms with Crippen LogP contribution in [0.1, 0.15) is 59.3 Å². The van der Waals surface area contributed by atoms with Gasteiger partial charge in [0.15, 0.2) is 0 Å². The third-order valence-electron chi connectivity index (χ3n) is 4.29. The molecule has 0 aromatic carbocycles. The molecule has 102 valence electrons. The molecule has 0 aliphatic heterocycles. The topological polar surface area (TPSA) is 15.3 Å². The summed E-state index contributed by atoms with van der Waals surface area (Å²) in [5.74, 6) is 0.929. The number of hydrogen-bond donors (Lipinski definition) is 1. The van der Waals surface area contributed by atoms with Crippen LogP contribution in [0, 0.1) is 5.92 Å². The normalized spacial score (nSPS) is 27.4. The molecule has 0 radical (unpaired) electrons. The third-order valence-corrected chi connectivity index (χ3v) is 4.29. The first-order valence-electron chi connectivity index (χ1n) is 7.57. The van der Waals surface area contributed by atoms with Crippen LogP contribution in [0.3, 0.4) is 0 Å². The lowest BCUT2D eigenvalue weighted by molar-refractivity contribution is 0.231. The van der Waals surface area contributed by atoms with Crippen LogP contribution in [0.5, 0.6) is 0 Å². The Labute approximate surface area is 108 Å². The Balaban J connectivity index is 2.10. The highest BCUT2D eigenvalue weighted by Gasteiger charge is 2.18. The maximum Gasteiger partial charge on any atom is 0.0107 e. The maximum atomic E-state index is 3.74. The van der Waals surface area contributed by atoms with Gasteiger partial charge in [0.1, 0.15) is 0 Å². The largest absolute Gasteiger partial charge is 0.313 e. The van der Waals surface area contributed by atoms with E-state index in [0.29, 0.717) is 0 Å². The van der Waals surface area contributed by atoms with E-state index in [4.69, 9.17) is 0 Å². The van der Waals surface area contributed by atoms with E-state index in [1.165, 1.54) is 45.1 Å². The summed E-state index contributed by atoms with van der Waals surface area (Å²) >= 11 is 0. The molecule has 0 heterocycles. The highest BCUT2D eigenvalue weighted by Crippen LogP contribution is 2.23. The SMILES string of the molecule is CCCC(C)N(C)CCNC1CCCC(C)C1. The van der Waals surface area contributed by atoms with Gasteiger partial charge in [0.25, 0.3) is 0 Å². The van der Waals surface area contributed by atoms with Crippen molar-refractivity contribution >= 4 is 0 Å². The van der Waals surface area contributed by atoms with Gasteiger partial charge in [0, 0.05) is 25.2 Å². The Morgan fingerprint density at radius 2 is 2.12 bits per heavy atom. The van der Waals surface area contributed by atoms with Crippen molar-refractivity contribution in [2.24, 2.45) is 5.92 Å². The Kier molecular flexibility index (Phi) is 7.14. The molecule has 1 fully saturated rings. The van der Waals surface area contributed by atoms with E-state index in [-0.39, 0.29) is 0 Å². The van der Waals surface area contributed by atoms with Crippen LogP contribution in [0.25, 0.3) is 0 Å². The van der Waals surface area contributed by atoms with Gasteiger partial charge in [-0.05, 0) is 39.2 Å². The molecule has 2 nitrogen and oxygen atoms in total. The fraction of sp³-hybridized carbons (Fsp3) is 1.00. The molecule has 1 N–H and O–H groups in total. The van der Waals surface area contributed by atoms with Crippen molar-refractivity contribution in [2.75, 3.05) is 20.1 Å². The number of hydrogen-bond acceptors (Lipinski definition) is 2. The van der Waals surface area contributed by atoms with Crippen LogP contribution in [0.2, 0.25) is 0 Å². The van der Waals surface area contributed by atoms with Crippen molar-refractivity contribution in [3.05, 3.63) is 0 Å². The minimum atomic E-state index is 0.729. The van der Waals surface area contributed by atoms with Crippen LogP contribution in [-0.2, 0) is 0 Å². The van der Waals surface area contributed by atoms with Gasteiger partial charge in [0.05, 0.1) is 0 Å². The van der Waals surface area contributed by atoms with E-state index in [1.54, 1.807) is 0 Å². The van der Waals surface area contributed by atoms with Gasteiger partial charge < -0.3 is 10.2 Å². The lowest BCUT2D eigenvalue weighted by Crippen LogP contribution is -2.40. The first kappa shape index (κ1) is 15.0. The van der Waals surface area contributed by atoms with Crippen molar-refractivity contribution in [1.29, 1.82) is 0 Å². The van der Waals surface area contributed by atoms with Crippen molar-refractivity contribution in [3.8, 4) is 0 Å². The van der Waals surface area contributed by atoms with E-state index in [9.17, 15) is 0 Å². The average molecular weight is 240 g/mol. The quantitative estimate of drug-likeness (QED) is 0.735. The van der Waals surface area contributed by atoms with Crippen LogP contribution >= 0.6 is 0 Å². The summed E-state index contributed by atoms with van der Waals surface area (Å²) in [4.78, 5) is 2.49. The molecular weight excluding hydrogens is 208 g/mol. The van der Waals surface area contributed by atoms with Gasteiger partial charge in [-0.25, -0.2) is 0 Å². The lowest BCUT2D eigenvalue weighted by Gasteiger charge is -2.29. The highest BCUT2D eigenvalue weighted by atomic mass is 15.1. The van der Waals surface area contributed by atoms with E-state index in [0.717, 1.165) is 24.5 Å². The highest BCUT2D eigenvalue weighted by molar-refractivity contribution is 4.76. The van der Waals surface area contributed by atoms with Gasteiger partial charge in [-0.3, -0.25) is 0 Å². The van der Waals surface area contributed by atoms with Crippen molar-refractivity contribution in [2.45, 2.75) is 71.4 Å². The fourth-order valence-electron chi connectivity index (χ4n) is 2.92. The summed E-state index contributed by atoms with van der Waals surface area (Å²) in [6.45, 7) is 9.34. The Bertz CT molecular complexity index is 193.